The maximum absolute atomic E-state index is 6.43. The van der Waals surface area contributed by atoms with Gasteiger partial charge in [-0.1, -0.05) is 31.5 Å². The third-order valence-electron chi connectivity index (χ3n) is 3.29. The molecular weight excluding hydrogens is 340 g/mol. The molecule has 0 aliphatic rings. The number of thioether (sulfide) groups is 1. The first-order valence-electron chi connectivity index (χ1n) is 6.78. The minimum atomic E-state index is 0.574. The van der Waals surface area contributed by atoms with Gasteiger partial charge < -0.3 is 0 Å². The highest BCUT2D eigenvalue weighted by Gasteiger charge is 2.15. The molecule has 0 saturated carbocycles. The fourth-order valence-corrected chi connectivity index (χ4v) is 4.88. The topological polar surface area (TPSA) is 25.8 Å². The number of hydrogen-bond acceptors (Lipinski definition) is 5. The minimum Gasteiger partial charge on any atom is -0.221 e. The summed E-state index contributed by atoms with van der Waals surface area (Å²) in [5.41, 5.74) is 1.15. The van der Waals surface area contributed by atoms with Gasteiger partial charge in [0.15, 0.2) is 0 Å². The zero-order valence-electron chi connectivity index (χ0n) is 11.8. The maximum Gasteiger partial charge on any atom is 0.142 e. The molecule has 0 N–H and O–H groups in total. The molecule has 0 spiro atoms. The lowest BCUT2D eigenvalue weighted by Crippen LogP contribution is -1.98. The number of fused-ring (bicyclic) bond motifs is 1. The second-order valence-corrected chi connectivity index (χ2v) is 8.36. The fraction of sp³-hybridized carbons (Fsp3) is 0.333. The Bertz CT molecular complexity index is 737. The normalized spacial score (nSPS) is 12.9. The quantitative estimate of drug-likeness (QED) is 0.517. The van der Waals surface area contributed by atoms with E-state index in [2.05, 4.69) is 46.7 Å². The van der Waals surface area contributed by atoms with Gasteiger partial charge in [-0.15, -0.1) is 22.7 Å². The van der Waals surface area contributed by atoms with Gasteiger partial charge in [-0.2, -0.15) is 11.8 Å². The molecule has 6 heteroatoms. The van der Waals surface area contributed by atoms with Crippen LogP contribution in [-0.4, -0.2) is 15.2 Å². The molecule has 0 aliphatic heterocycles. The molecule has 0 bridgehead atoms. The van der Waals surface area contributed by atoms with Crippen molar-refractivity contribution in [2.45, 2.75) is 31.3 Å². The molecule has 3 aromatic heterocycles. The van der Waals surface area contributed by atoms with E-state index in [1.165, 1.54) is 4.88 Å². The van der Waals surface area contributed by atoms with Crippen LogP contribution < -0.4 is 0 Å². The van der Waals surface area contributed by atoms with E-state index in [9.17, 15) is 0 Å². The van der Waals surface area contributed by atoms with E-state index in [-0.39, 0.29) is 0 Å². The molecule has 0 fully saturated rings. The van der Waals surface area contributed by atoms with Crippen molar-refractivity contribution in [3.05, 3.63) is 33.9 Å². The molecule has 1 atom stereocenters. The Labute approximate surface area is 141 Å². The smallest absolute Gasteiger partial charge is 0.142 e. The van der Waals surface area contributed by atoms with Gasteiger partial charge in [0, 0.05) is 21.1 Å². The van der Waals surface area contributed by atoms with Crippen LogP contribution in [0, 0.1) is 0 Å². The van der Waals surface area contributed by atoms with Crippen molar-refractivity contribution >= 4 is 56.3 Å². The van der Waals surface area contributed by atoms with E-state index in [4.69, 9.17) is 11.6 Å². The number of halogens is 1. The van der Waals surface area contributed by atoms with Crippen molar-refractivity contribution < 1.29 is 0 Å². The molecule has 3 heterocycles. The highest BCUT2D eigenvalue weighted by molar-refractivity contribution is 7.99. The van der Waals surface area contributed by atoms with Crippen LogP contribution in [0.4, 0.5) is 0 Å². The van der Waals surface area contributed by atoms with Gasteiger partial charge in [0.2, 0.25) is 0 Å². The van der Waals surface area contributed by atoms with Crippen molar-refractivity contribution in [1.29, 1.82) is 0 Å². The van der Waals surface area contributed by atoms with E-state index >= 15 is 0 Å². The Morgan fingerprint density at radius 2 is 2.19 bits per heavy atom. The molecule has 2 nitrogen and oxygen atoms in total. The lowest BCUT2D eigenvalue weighted by molar-refractivity contribution is 0.902. The summed E-state index contributed by atoms with van der Waals surface area (Å²) in [7, 11) is 0. The van der Waals surface area contributed by atoms with Gasteiger partial charge in [-0.25, -0.2) is 9.97 Å². The number of aromatic nitrogens is 2. The van der Waals surface area contributed by atoms with Crippen LogP contribution in [0.2, 0.25) is 5.15 Å². The van der Waals surface area contributed by atoms with Crippen molar-refractivity contribution in [2.75, 3.05) is 0 Å². The molecule has 0 radical (unpaired) electrons. The van der Waals surface area contributed by atoms with Crippen molar-refractivity contribution in [2.24, 2.45) is 0 Å². The lowest BCUT2D eigenvalue weighted by Gasteiger charge is -2.07. The van der Waals surface area contributed by atoms with Crippen molar-refractivity contribution in [3.8, 4) is 10.4 Å². The van der Waals surface area contributed by atoms with Gasteiger partial charge in [0.1, 0.15) is 15.8 Å². The van der Waals surface area contributed by atoms with E-state index in [0.29, 0.717) is 10.4 Å². The molecule has 0 amide bonds. The Kier molecular flexibility index (Phi) is 4.84. The van der Waals surface area contributed by atoms with E-state index in [1.807, 2.05) is 11.8 Å². The molecule has 3 rings (SSSR count). The molecule has 0 aromatic carbocycles. The highest BCUT2D eigenvalue weighted by Crippen LogP contribution is 2.38. The standard InChI is InChI=1S/C15H15ClN2S3/c1-3-9(2)20-8-12-17-14(16)13-10(7-21-15(13)18-12)11-5-4-6-19-11/h4-7,9H,3,8H2,1-2H3. The summed E-state index contributed by atoms with van der Waals surface area (Å²) in [6, 6.07) is 4.16. The SMILES string of the molecule is CCC(C)SCc1nc(Cl)c2c(-c3cccs3)csc2n1. The number of thiophene rings is 2. The second kappa shape index (κ2) is 6.65. The fourth-order valence-electron chi connectivity index (χ4n) is 1.95. The molecule has 0 aliphatic carbocycles. The van der Waals surface area contributed by atoms with Crippen LogP contribution in [0.5, 0.6) is 0 Å². The predicted octanol–water partition coefficient (Wildman–Crippen LogP) is 6.10. The Morgan fingerprint density at radius 3 is 2.90 bits per heavy atom. The highest BCUT2D eigenvalue weighted by atomic mass is 35.5. The Morgan fingerprint density at radius 1 is 1.33 bits per heavy atom. The van der Waals surface area contributed by atoms with Gasteiger partial charge in [-0.05, 0) is 17.9 Å². The molecule has 3 aromatic rings. The van der Waals surface area contributed by atoms with Crippen LogP contribution >= 0.6 is 46.0 Å². The average molecular weight is 355 g/mol. The molecule has 110 valence electrons. The summed E-state index contributed by atoms with van der Waals surface area (Å²) in [4.78, 5) is 11.4. The zero-order valence-corrected chi connectivity index (χ0v) is 15.0. The van der Waals surface area contributed by atoms with E-state index in [1.54, 1.807) is 22.7 Å². The first-order chi connectivity index (χ1) is 10.2. The number of rotatable bonds is 5. The summed E-state index contributed by atoms with van der Waals surface area (Å²) < 4.78 is 0. The Balaban J connectivity index is 1.95. The summed E-state index contributed by atoms with van der Waals surface area (Å²) in [6.45, 7) is 4.42. The minimum absolute atomic E-state index is 0.574. The van der Waals surface area contributed by atoms with E-state index in [0.717, 1.165) is 33.8 Å². The van der Waals surface area contributed by atoms with E-state index < -0.39 is 0 Å². The third-order valence-corrected chi connectivity index (χ3v) is 6.67. The summed E-state index contributed by atoms with van der Waals surface area (Å²) in [6.07, 6.45) is 1.15. The molecule has 1 unspecified atom stereocenters. The first kappa shape index (κ1) is 15.3. The monoisotopic (exact) mass is 354 g/mol. The lowest BCUT2D eigenvalue weighted by atomic mass is 10.2. The number of hydrogen-bond donors (Lipinski definition) is 0. The average Bonchev–Trinajstić information content (AvgIpc) is 3.13. The molecule has 0 saturated heterocycles. The predicted molar refractivity (Wildman–Crippen MR) is 96.8 cm³/mol. The number of nitrogens with zero attached hydrogens (tertiary/aromatic N) is 2. The van der Waals surface area contributed by atoms with Crippen LogP contribution in [0.15, 0.2) is 22.9 Å². The van der Waals surface area contributed by atoms with Crippen LogP contribution in [0.1, 0.15) is 26.1 Å². The van der Waals surface area contributed by atoms with Crippen molar-refractivity contribution in [1.82, 2.24) is 9.97 Å². The molecular formula is C15H15ClN2S3. The van der Waals surface area contributed by atoms with Gasteiger partial charge in [0.05, 0.1) is 11.1 Å². The van der Waals surface area contributed by atoms with Gasteiger partial charge in [0.25, 0.3) is 0 Å². The first-order valence-corrected chi connectivity index (χ1v) is 9.96. The summed E-state index contributed by atoms with van der Waals surface area (Å²) in [5.74, 6) is 1.65. The maximum atomic E-state index is 6.43. The summed E-state index contributed by atoms with van der Waals surface area (Å²) >= 11 is 11.7. The second-order valence-electron chi connectivity index (χ2n) is 4.77. The zero-order chi connectivity index (χ0) is 14.8. The van der Waals surface area contributed by atoms with Crippen LogP contribution in [0.25, 0.3) is 20.7 Å². The van der Waals surface area contributed by atoms with Crippen LogP contribution in [0.3, 0.4) is 0 Å². The molecule has 21 heavy (non-hydrogen) atoms. The van der Waals surface area contributed by atoms with Gasteiger partial charge >= 0.3 is 0 Å². The van der Waals surface area contributed by atoms with Crippen molar-refractivity contribution in [3.63, 3.8) is 0 Å². The van der Waals surface area contributed by atoms with Gasteiger partial charge in [-0.3, -0.25) is 0 Å². The third kappa shape index (κ3) is 3.26. The summed E-state index contributed by atoms with van der Waals surface area (Å²) in [5, 5.41) is 6.38. The van der Waals surface area contributed by atoms with Crippen LogP contribution in [-0.2, 0) is 5.75 Å². The largest absolute Gasteiger partial charge is 0.221 e. The Hall–Kier alpha value is -0.620.